The van der Waals surface area contributed by atoms with Crippen LogP contribution in [-0.4, -0.2) is 46.5 Å². The van der Waals surface area contributed by atoms with Crippen LogP contribution in [0.2, 0.25) is 0 Å². The molecule has 0 spiro atoms. The number of likely N-dealkylation sites (tertiary alicyclic amines) is 1. The van der Waals surface area contributed by atoms with Crippen LogP contribution in [0.3, 0.4) is 0 Å². The number of amides is 1. The number of aryl methyl sites for hydroxylation is 3. The van der Waals surface area contributed by atoms with E-state index in [9.17, 15) is 9.59 Å². The highest BCUT2D eigenvalue weighted by molar-refractivity contribution is 7.18. The number of carbonyl (C=O) groups excluding carboxylic acids is 1. The smallest absolute Gasteiger partial charge is 0.262 e. The van der Waals surface area contributed by atoms with Crippen LogP contribution in [-0.2, 0) is 24.2 Å². The Labute approximate surface area is 168 Å². The van der Waals surface area contributed by atoms with E-state index in [4.69, 9.17) is 0 Å². The first-order valence-electron chi connectivity index (χ1n) is 9.69. The number of rotatable bonds is 3. The van der Waals surface area contributed by atoms with Crippen molar-refractivity contribution in [1.82, 2.24) is 19.8 Å². The predicted molar refractivity (Wildman–Crippen MR) is 109 cm³/mol. The molecule has 0 saturated carbocycles. The molecular formula is C19H25ClN4O2S. The van der Waals surface area contributed by atoms with Gasteiger partial charge in [-0.25, -0.2) is 4.98 Å². The van der Waals surface area contributed by atoms with Gasteiger partial charge < -0.3 is 10.2 Å². The molecule has 2 aliphatic heterocycles. The molecule has 146 valence electrons. The predicted octanol–water partition coefficient (Wildman–Crippen LogP) is 1.83. The van der Waals surface area contributed by atoms with Gasteiger partial charge in [0.05, 0.1) is 11.7 Å². The molecule has 0 bridgehead atoms. The summed E-state index contributed by atoms with van der Waals surface area (Å²) in [6.45, 7) is 4.20. The lowest BCUT2D eigenvalue weighted by molar-refractivity contribution is -0.130. The second-order valence-electron chi connectivity index (χ2n) is 7.86. The number of halogens is 1. The van der Waals surface area contributed by atoms with E-state index in [-0.39, 0.29) is 23.9 Å². The summed E-state index contributed by atoms with van der Waals surface area (Å²) in [6, 6.07) is 0. The molecule has 1 aliphatic carbocycles. The third kappa shape index (κ3) is 3.30. The Morgan fingerprint density at radius 3 is 2.74 bits per heavy atom. The summed E-state index contributed by atoms with van der Waals surface area (Å²) < 4.78 is 1.64. The molecule has 0 unspecified atom stereocenters. The van der Waals surface area contributed by atoms with Crippen LogP contribution >= 0.6 is 23.7 Å². The van der Waals surface area contributed by atoms with Gasteiger partial charge in [0.2, 0.25) is 5.91 Å². The first kappa shape index (κ1) is 18.9. The Bertz CT molecular complexity index is 912. The Morgan fingerprint density at radius 2 is 1.96 bits per heavy atom. The molecule has 4 heterocycles. The van der Waals surface area contributed by atoms with E-state index in [0.29, 0.717) is 24.8 Å². The normalized spacial score (nSPS) is 23.9. The van der Waals surface area contributed by atoms with Crippen LogP contribution in [0, 0.1) is 11.8 Å². The second-order valence-corrected chi connectivity index (χ2v) is 8.94. The van der Waals surface area contributed by atoms with Gasteiger partial charge in [-0.05, 0) is 43.1 Å². The van der Waals surface area contributed by atoms with Crippen molar-refractivity contribution in [3.05, 3.63) is 27.1 Å². The minimum atomic E-state index is 0. The summed E-state index contributed by atoms with van der Waals surface area (Å²) in [4.78, 5) is 34.2. The molecule has 5 rings (SSSR count). The third-order valence-corrected chi connectivity index (χ3v) is 7.45. The molecule has 2 aromatic rings. The monoisotopic (exact) mass is 408 g/mol. The summed E-state index contributed by atoms with van der Waals surface area (Å²) in [5, 5.41) is 4.20. The molecule has 2 aromatic heterocycles. The van der Waals surface area contributed by atoms with Crippen molar-refractivity contribution in [2.45, 2.75) is 38.6 Å². The minimum Gasteiger partial charge on any atom is -0.342 e. The zero-order valence-electron chi connectivity index (χ0n) is 15.3. The molecule has 6 nitrogen and oxygen atoms in total. The van der Waals surface area contributed by atoms with E-state index < -0.39 is 0 Å². The van der Waals surface area contributed by atoms with Crippen LogP contribution in [0.25, 0.3) is 10.2 Å². The van der Waals surface area contributed by atoms with Gasteiger partial charge in [0.15, 0.2) is 0 Å². The lowest BCUT2D eigenvalue weighted by Crippen LogP contribution is -2.33. The van der Waals surface area contributed by atoms with Gasteiger partial charge in [-0.15, -0.1) is 23.7 Å². The van der Waals surface area contributed by atoms with Crippen molar-refractivity contribution >= 4 is 39.9 Å². The van der Waals surface area contributed by atoms with Crippen LogP contribution in [0.4, 0.5) is 0 Å². The summed E-state index contributed by atoms with van der Waals surface area (Å²) in [5.41, 5.74) is 1.25. The van der Waals surface area contributed by atoms with Crippen molar-refractivity contribution in [1.29, 1.82) is 0 Å². The molecule has 2 fully saturated rings. The Balaban J connectivity index is 0.00000180. The van der Waals surface area contributed by atoms with Crippen molar-refractivity contribution in [3.63, 3.8) is 0 Å². The maximum atomic E-state index is 13.0. The fourth-order valence-electron chi connectivity index (χ4n) is 4.77. The number of nitrogens with one attached hydrogen (secondary N) is 1. The summed E-state index contributed by atoms with van der Waals surface area (Å²) in [6.07, 6.45) is 6.42. The standard InChI is InChI=1S/C19H24N4O2S.ClH/c24-16(23-9-12-7-20-8-13(12)10-23)5-6-22-11-21-18-17(19(22)25)14-3-1-2-4-15(14)26-18;/h11-13,20H,1-10H2;1H/t12-,13+;. The van der Waals surface area contributed by atoms with Crippen LogP contribution in [0.1, 0.15) is 29.7 Å². The summed E-state index contributed by atoms with van der Waals surface area (Å²) in [7, 11) is 0. The number of hydrogen-bond donors (Lipinski definition) is 1. The highest BCUT2D eigenvalue weighted by atomic mass is 35.5. The van der Waals surface area contributed by atoms with Gasteiger partial charge in [-0.2, -0.15) is 0 Å². The first-order valence-corrected chi connectivity index (χ1v) is 10.5. The third-order valence-electron chi connectivity index (χ3n) is 6.25. The molecule has 3 aliphatic rings. The maximum absolute atomic E-state index is 13.0. The molecule has 0 radical (unpaired) electrons. The molecule has 2 saturated heterocycles. The highest BCUT2D eigenvalue weighted by Gasteiger charge is 2.37. The molecule has 1 N–H and O–H groups in total. The van der Waals surface area contributed by atoms with Crippen molar-refractivity contribution in [2.75, 3.05) is 26.2 Å². The van der Waals surface area contributed by atoms with Gasteiger partial charge in [0.25, 0.3) is 5.56 Å². The molecule has 8 heteroatoms. The average Bonchev–Trinajstić information content (AvgIpc) is 3.33. The van der Waals surface area contributed by atoms with E-state index in [1.54, 1.807) is 22.2 Å². The molecule has 0 aromatic carbocycles. The van der Waals surface area contributed by atoms with Gasteiger partial charge in [-0.3, -0.25) is 14.2 Å². The quantitative estimate of drug-likeness (QED) is 0.841. The fraction of sp³-hybridized carbons (Fsp3) is 0.632. The van der Waals surface area contributed by atoms with E-state index in [2.05, 4.69) is 10.3 Å². The van der Waals surface area contributed by atoms with E-state index in [1.807, 2.05) is 4.90 Å². The lowest BCUT2D eigenvalue weighted by Gasteiger charge is -2.17. The largest absolute Gasteiger partial charge is 0.342 e. The van der Waals surface area contributed by atoms with Crippen molar-refractivity contribution in [3.8, 4) is 0 Å². The van der Waals surface area contributed by atoms with Crippen LogP contribution in [0.5, 0.6) is 0 Å². The Hall–Kier alpha value is -1.44. The Kier molecular flexibility index (Phi) is 5.27. The summed E-state index contributed by atoms with van der Waals surface area (Å²) in [5.74, 6) is 1.38. The minimum absolute atomic E-state index is 0. The number of fused-ring (bicyclic) bond motifs is 4. The van der Waals surface area contributed by atoms with Crippen molar-refractivity contribution in [2.24, 2.45) is 11.8 Å². The van der Waals surface area contributed by atoms with E-state index >= 15 is 0 Å². The highest BCUT2D eigenvalue weighted by Crippen LogP contribution is 2.33. The molecular weight excluding hydrogens is 384 g/mol. The first-order chi connectivity index (χ1) is 12.7. The topological polar surface area (TPSA) is 67.2 Å². The summed E-state index contributed by atoms with van der Waals surface area (Å²) >= 11 is 1.67. The van der Waals surface area contributed by atoms with Gasteiger partial charge >= 0.3 is 0 Å². The number of nitrogens with zero attached hydrogens (tertiary/aromatic N) is 3. The second kappa shape index (κ2) is 7.53. The fourth-order valence-corrected chi connectivity index (χ4v) is 5.99. The number of thiophene rings is 1. The lowest BCUT2D eigenvalue weighted by atomic mass is 9.97. The molecule has 2 atom stereocenters. The van der Waals surface area contributed by atoms with Crippen LogP contribution < -0.4 is 10.9 Å². The average molecular weight is 409 g/mol. The van der Waals surface area contributed by atoms with Gasteiger partial charge in [0, 0.05) is 44.0 Å². The zero-order chi connectivity index (χ0) is 17.7. The molecule has 1 amide bonds. The SMILES string of the molecule is Cl.O=C(CCn1cnc2sc3c(c2c1=O)CCCC3)N1C[C@H]2CNC[C@H]2C1. The maximum Gasteiger partial charge on any atom is 0.262 e. The van der Waals surface area contributed by atoms with Gasteiger partial charge in [0.1, 0.15) is 4.83 Å². The number of carbonyl (C=O) groups is 1. The number of aromatic nitrogens is 2. The molecule has 27 heavy (non-hydrogen) atoms. The van der Waals surface area contributed by atoms with E-state index in [1.165, 1.54) is 16.9 Å². The van der Waals surface area contributed by atoms with Crippen LogP contribution in [0.15, 0.2) is 11.1 Å². The van der Waals surface area contributed by atoms with Crippen molar-refractivity contribution < 1.29 is 4.79 Å². The van der Waals surface area contributed by atoms with E-state index in [0.717, 1.165) is 55.7 Å². The number of hydrogen-bond acceptors (Lipinski definition) is 5. The van der Waals surface area contributed by atoms with Gasteiger partial charge in [-0.1, -0.05) is 0 Å². The Morgan fingerprint density at radius 1 is 1.22 bits per heavy atom. The zero-order valence-corrected chi connectivity index (χ0v) is 16.9.